The molecule has 2 aromatic heterocycles. The van der Waals surface area contributed by atoms with E-state index in [0.29, 0.717) is 35.2 Å². The molecule has 7 heteroatoms. The predicted octanol–water partition coefficient (Wildman–Crippen LogP) is 3.11. The van der Waals surface area contributed by atoms with E-state index in [-0.39, 0.29) is 0 Å². The second-order valence-electron chi connectivity index (χ2n) is 4.69. The number of halogens is 1. The van der Waals surface area contributed by atoms with Gasteiger partial charge in [0.15, 0.2) is 5.82 Å². The molecule has 0 atom stereocenters. The van der Waals surface area contributed by atoms with Gasteiger partial charge in [0, 0.05) is 11.0 Å². The van der Waals surface area contributed by atoms with Gasteiger partial charge in [-0.1, -0.05) is 28.1 Å². The zero-order valence-corrected chi connectivity index (χ0v) is 13.8. The summed E-state index contributed by atoms with van der Waals surface area (Å²) in [5.74, 6) is 1.33. The van der Waals surface area contributed by atoms with Crippen LogP contribution >= 0.6 is 15.9 Å². The van der Waals surface area contributed by atoms with Gasteiger partial charge in [-0.15, -0.1) is 0 Å². The van der Waals surface area contributed by atoms with Gasteiger partial charge in [0.05, 0.1) is 13.3 Å². The molecular formula is C15H14BrN5O. The number of aryl methyl sites for hydroxylation is 1. The van der Waals surface area contributed by atoms with Gasteiger partial charge in [0.1, 0.15) is 16.9 Å². The maximum Gasteiger partial charge on any atom is 0.316 e. The summed E-state index contributed by atoms with van der Waals surface area (Å²) in [5.41, 5.74) is 2.47. The van der Waals surface area contributed by atoms with Crippen LogP contribution in [-0.2, 0) is 6.54 Å². The molecule has 0 fully saturated rings. The van der Waals surface area contributed by atoms with Crippen molar-refractivity contribution in [3.05, 3.63) is 46.3 Å². The molecule has 6 nitrogen and oxygen atoms in total. The lowest BCUT2D eigenvalue weighted by atomic mass is 10.2. The van der Waals surface area contributed by atoms with Crippen LogP contribution in [0.5, 0.6) is 6.01 Å². The van der Waals surface area contributed by atoms with E-state index in [2.05, 4.69) is 47.2 Å². The first kappa shape index (κ1) is 14.6. The fourth-order valence-electron chi connectivity index (χ4n) is 2.08. The van der Waals surface area contributed by atoms with Crippen molar-refractivity contribution in [1.82, 2.24) is 19.9 Å². The molecule has 0 bridgehead atoms. The summed E-state index contributed by atoms with van der Waals surface area (Å²) < 4.78 is 6.12. The summed E-state index contributed by atoms with van der Waals surface area (Å²) >= 11 is 3.47. The van der Waals surface area contributed by atoms with E-state index >= 15 is 0 Å². The zero-order chi connectivity index (χ0) is 15.5. The second-order valence-corrected chi connectivity index (χ2v) is 5.61. The molecule has 0 saturated heterocycles. The van der Waals surface area contributed by atoms with E-state index in [4.69, 9.17) is 4.74 Å². The third-order valence-corrected chi connectivity index (χ3v) is 3.55. The van der Waals surface area contributed by atoms with E-state index in [9.17, 15) is 0 Å². The third-order valence-electron chi connectivity index (χ3n) is 3.06. The number of methoxy groups -OCH3 is 1. The Kier molecular flexibility index (Phi) is 4.15. The molecule has 22 heavy (non-hydrogen) atoms. The third kappa shape index (κ3) is 3.14. The number of fused-ring (bicyclic) bond motifs is 1. The Hall–Kier alpha value is -2.28. The Morgan fingerprint density at radius 3 is 2.86 bits per heavy atom. The van der Waals surface area contributed by atoms with Gasteiger partial charge >= 0.3 is 6.01 Å². The van der Waals surface area contributed by atoms with Crippen molar-refractivity contribution >= 4 is 32.8 Å². The molecular weight excluding hydrogens is 346 g/mol. The second kappa shape index (κ2) is 6.23. The largest absolute Gasteiger partial charge is 0.467 e. The van der Waals surface area contributed by atoms with Crippen LogP contribution in [0.4, 0.5) is 5.82 Å². The Morgan fingerprint density at radius 1 is 1.23 bits per heavy atom. The average Bonchev–Trinajstić information content (AvgIpc) is 2.52. The van der Waals surface area contributed by atoms with Crippen molar-refractivity contribution in [2.45, 2.75) is 13.5 Å². The highest BCUT2D eigenvalue weighted by Gasteiger charge is 2.09. The van der Waals surface area contributed by atoms with Crippen molar-refractivity contribution in [3.63, 3.8) is 0 Å². The lowest BCUT2D eigenvalue weighted by Crippen LogP contribution is -2.06. The van der Waals surface area contributed by atoms with E-state index in [0.717, 1.165) is 10.0 Å². The van der Waals surface area contributed by atoms with Crippen LogP contribution < -0.4 is 10.1 Å². The summed E-state index contributed by atoms with van der Waals surface area (Å²) in [4.78, 5) is 17.2. The lowest BCUT2D eigenvalue weighted by Gasteiger charge is -2.09. The smallest absolute Gasteiger partial charge is 0.316 e. The Bertz CT molecular complexity index is 824. The molecule has 3 aromatic rings. The van der Waals surface area contributed by atoms with Crippen LogP contribution in [0.1, 0.15) is 11.4 Å². The molecule has 1 aromatic carbocycles. The van der Waals surface area contributed by atoms with Gasteiger partial charge in [-0.3, -0.25) is 0 Å². The number of ether oxygens (including phenoxy) is 1. The Balaban J connectivity index is 1.95. The van der Waals surface area contributed by atoms with Gasteiger partial charge < -0.3 is 10.1 Å². The Morgan fingerprint density at radius 2 is 2.09 bits per heavy atom. The van der Waals surface area contributed by atoms with Crippen LogP contribution in [0, 0.1) is 6.92 Å². The van der Waals surface area contributed by atoms with Crippen LogP contribution in [0.15, 0.2) is 34.9 Å². The highest BCUT2D eigenvalue weighted by atomic mass is 79.9. The molecule has 0 aliphatic rings. The highest BCUT2D eigenvalue weighted by molar-refractivity contribution is 9.10. The standard InChI is InChI=1S/C15H14BrN5O/c1-9-19-12-8-18-15(22-2)21-13(12)14(20-9)17-7-10-4-3-5-11(16)6-10/h3-6,8H,7H2,1-2H3,(H,17,19,20). The van der Waals surface area contributed by atoms with E-state index in [1.807, 2.05) is 25.1 Å². The number of anilines is 1. The number of hydrogen-bond acceptors (Lipinski definition) is 6. The van der Waals surface area contributed by atoms with Gasteiger partial charge in [0.25, 0.3) is 0 Å². The normalized spacial score (nSPS) is 10.7. The molecule has 0 aliphatic carbocycles. The topological polar surface area (TPSA) is 72.8 Å². The first-order chi connectivity index (χ1) is 10.7. The maximum atomic E-state index is 5.07. The highest BCUT2D eigenvalue weighted by Crippen LogP contribution is 2.20. The predicted molar refractivity (Wildman–Crippen MR) is 87.9 cm³/mol. The van der Waals surface area contributed by atoms with Crippen molar-refractivity contribution in [1.29, 1.82) is 0 Å². The number of hydrogen-bond donors (Lipinski definition) is 1. The minimum Gasteiger partial charge on any atom is -0.467 e. The van der Waals surface area contributed by atoms with Crippen LogP contribution in [0.25, 0.3) is 11.0 Å². The number of nitrogens with zero attached hydrogens (tertiary/aromatic N) is 4. The average molecular weight is 360 g/mol. The SMILES string of the molecule is COc1ncc2nc(C)nc(NCc3cccc(Br)c3)c2n1. The van der Waals surface area contributed by atoms with Crippen molar-refractivity contribution < 1.29 is 4.74 Å². The number of nitrogens with one attached hydrogen (secondary N) is 1. The van der Waals surface area contributed by atoms with Gasteiger partial charge in [0.2, 0.25) is 0 Å². The molecule has 3 rings (SSSR count). The minimum absolute atomic E-state index is 0.297. The van der Waals surface area contributed by atoms with E-state index < -0.39 is 0 Å². The first-order valence-electron chi connectivity index (χ1n) is 6.69. The number of rotatable bonds is 4. The maximum absolute atomic E-state index is 5.07. The van der Waals surface area contributed by atoms with Gasteiger partial charge in [-0.05, 0) is 24.6 Å². The summed E-state index contributed by atoms with van der Waals surface area (Å²) in [6, 6.07) is 8.38. The molecule has 0 amide bonds. The van der Waals surface area contributed by atoms with Crippen molar-refractivity contribution in [2.75, 3.05) is 12.4 Å². The summed E-state index contributed by atoms with van der Waals surface area (Å²) in [6.45, 7) is 2.48. The first-order valence-corrected chi connectivity index (χ1v) is 7.48. The minimum atomic E-state index is 0.297. The van der Waals surface area contributed by atoms with Crippen LogP contribution in [0.2, 0.25) is 0 Å². The van der Waals surface area contributed by atoms with Crippen LogP contribution in [0.3, 0.4) is 0 Å². The molecule has 2 heterocycles. The van der Waals surface area contributed by atoms with Gasteiger partial charge in [-0.2, -0.15) is 4.98 Å². The fraction of sp³-hybridized carbons (Fsp3) is 0.200. The molecule has 0 radical (unpaired) electrons. The fourth-order valence-corrected chi connectivity index (χ4v) is 2.53. The quantitative estimate of drug-likeness (QED) is 0.771. The molecule has 112 valence electrons. The molecule has 0 aliphatic heterocycles. The van der Waals surface area contributed by atoms with Crippen LogP contribution in [-0.4, -0.2) is 27.0 Å². The monoisotopic (exact) mass is 359 g/mol. The Labute approximate surface area is 136 Å². The number of aromatic nitrogens is 4. The lowest BCUT2D eigenvalue weighted by molar-refractivity contribution is 0.381. The summed E-state index contributed by atoms with van der Waals surface area (Å²) in [5, 5.41) is 3.31. The molecule has 0 spiro atoms. The van der Waals surface area contributed by atoms with Gasteiger partial charge in [-0.25, -0.2) is 15.0 Å². The van der Waals surface area contributed by atoms with Crippen molar-refractivity contribution in [3.8, 4) is 6.01 Å². The molecule has 1 N–H and O–H groups in total. The summed E-state index contributed by atoms with van der Waals surface area (Å²) in [7, 11) is 1.53. The van der Waals surface area contributed by atoms with E-state index in [1.54, 1.807) is 6.20 Å². The molecule has 0 saturated carbocycles. The van der Waals surface area contributed by atoms with Crippen molar-refractivity contribution in [2.24, 2.45) is 0 Å². The van der Waals surface area contributed by atoms with E-state index in [1.165, 1.54) is 7.11 Å². The molecule has 0 unspecified atom stereocenters. The summed E-state index contributed by atoms with van der Waals surface area (Å²) in [6.07, 6.45) is 1.64. The number of benzene rings is 1. The zero-order valence-electron chi connectivity index (χ0n) is 12.2.